The summed E-state index contributed by atoms with van der Waals surface area (Å²) in [7, 11) is 0. The maximum atomic E-state index is 12.1. The Morgan fingerprint density at radius 3 is 3.00 bits per heavy atom. The van der Waals surface area contributed by atoms with Crippen molar-refractivity contribution in [2.24, 2.45) is 0 Å². The molecule has 0 fully saturated rings. The Labute approximate surface area is 109 Å². The molecule has 0 aliphatic rings. The number of carbonyl (C=O) groups excluding carboxylic acids is 1. The van der Waals surface area contributed by atoms with Gasteiger partial charge in [-0.1, -0.05) is 0 Å². The van der Waals surface area contributed by atoms with E-state index < -0.39 is 0 Å². The molecule has 0 unspecified atom stereocenters. The van der Waals surface area contributed by atoms with Gasteiger partial charge in [0.15, 0.2) is 17.3 Å². The summed E-state index contributed by atoms with van der Waals surface area (Å²) in [6.45, 7) is 1.78. The van der Waals surface area contributed by atoms with E-state index in [1.165, 1.54) is 6.33 Å². The number of hydrogen-bond donors (Lipinski definition) is 0. The minimum absolute atomic E-state index is 0.00116. The Hall–Kier alpha value is -2.56. The normalized spacial score (nSPS) is 10.8. The van der Waals surface area contributed by atoms with Crippen molar-refractivity contribution < 1.29 is 9.21 Å². The van der Waals surface area contributed by atoms with Gasteiger partial charge in [-0.05, 0) is 24.3 Å². The van der Waals surface area contributed by atoms with E-state index in [9.17, 15) is 4.79 Å². The van der Waals surface area contributed by atoms with Crippen LogP contribution in [0.3, 0.4) is 0 Å². The third-order valence-corrected chi connectivity index (χ3v) is 2.80. The summed E-state index contributed by atoms with van der Waals surface area (Å²) in [5, 5.41) is 0. The zero-order valence-corrected chi connectivity index (χ0v) is 10.3. The van der Waals surface area contributed by atoms with E-state index in [1.807, 2.05) is 0 Å². The van der Waals surface area contributed by atoms with Gasteiger partial charge in [0.1, 0.15) is 11.8 Å². The van der Waals surface area contributed by atoms with E-state index in [2.05, 4.69) is 15.0 Å². The smallest absolute Gasteiger partial charge is 0.192 e. The van der Waals surface area contributed by atoms with E-state index in [-0.39, 0.29) is 12.2 Å². The number of rotatable bonds is 3. The second-order valence-corrected chi connectivity index (χ2v) is 4.22. The molecule has 1 aromatic carbocycles. The molecule has 0 N–H and O–H groups in total. The molecular weight excluding hydrogens is 242 g/mol. The number of aromatic nitrogens is 3. The molecule has 94 valence electrons. The minimum atomic E-state index is 0.00116. The van der Waals surface area contributed by atoms with Crippen molar-refractivity contribution in [2.75, 3.05) is 0 Å². The Morgan fingerprint density at radius 1 is 1.32 bits per heavy atom. The van der Waals surface area contributed by atoms with Crippen molar-refractivity contribution in [2.45, 2.75) is 13.3 Å². The fourth-order valence-electron chi connectivity index (χ4n) is 1.91. The van der Waals surface area contributed by atoms with Crippen LogP contribution in [-0.4, -0.2) is 20.7 Å². The third kappa shape index (κ3) is 2.35. The number of nitrogens with zero attached hydrogens (tertiary/aromatic N) is 3. The summed E-state index contributed by atoms with van der Waals surface area (Å²) in [5.74, 6) is 0.594. The van der Waals surface area contributed by atoms with Crippen molar-refractivity contribution in [1.82, 2.24) is 15.0 Å². The number of aryl methyl sites for hydroxylation is 1. The first-order valence-corrected chi connectivity index (χ1v) is 5.87. The van der Waals surface area contributed by atoms with Gasteiger partial charge in [0.05, 0.1) is 12.1 Å². The quantitative estimate of drug-likeness (QED) is 0.670. The molecule has 0 aliphatic carbocycles. The topological polar surface area (TPSA) is 68.9 Å². The predicted molar refractivity (Wildman–Crippen MR) is 68.8 cm³/mol. The highest BCUT2D eigenvalue weighted by molar-refractivity contribution is 5.99. The van der Waals surface area contributed by atoms with Crippen LogP contribution in [0.1, 0.15) is 21.9 Å². The standard InChI is InChI=1S/C14H11N3O2/c1-9-17-12-6-10(2-3-14(12)19-9)13(18)7-11-4-5-15-8-16-11/h2-6,8H,7H2,1H3. The van der Waals surface area contributed by atoms with Gasteiger partial charge in [0.2, 0.25) is 0 Å². The van der Waals surface area contributed by atoms with Crippen molar-refractivity contribution in [3.63, 3.8) is 0 Å². The highest BCUT2D eigenvalue weighted by atomic mass is 16.3. The second-order valence-electron chi connectivity index (χ2n) is 4.22. The Bertz CT molecular complexity index is 735. The maximum absolute atomic E-state index is 12.1. The lowest BCUT2D eigenvalue weighted by Crippen LogP contribution is -2.05. The van der Waals surface area contributed by atoms with Gasteiger partial charge in [-0.15, -0.1) is 0 Å². The summed E-state index contributed by atoms with van der Waals surface area (Å²) in [6.07, 6.45) is 3.32. The van der Waals surface area contributed by atoms with Crippen molar-refractivity contribution >= 4 is 16.9 Å². The van der Waals surface area contributed by atoms with Crippen LogP contribution in [0.5, 0.6) is 0 Å². The van der Waals surface area contributed by atoms with Gasteiger partial charge in [-0.3, -0.25) is 4.79 Å². The van der Waals surface area contributed by atoms with E-state index >= 15 is 0 Å². The molecule has 0 saturated carbocycles. The third-order valence-electron chi connectivity index (χ3n) is 2.80. The van der Waals surface area contributed by atoms with Gasteiger partial charge < -0.3 is 4.42 Å². The SMILES string of the molecule is Cc1nc2cc(C(=O)Cc3ccncn3)ccc2o1. The van der Waals surface area contributed by atoms with Crippen molar-refractivity contribution in [1.29, 1.82) is 0 Å². The van der Waals surface area contributed by atoms with E-state index in [1.54, 1.807) is 37.4 Å². The number of ketones is 1. The molecule has 0 saturated heterocycles. The van der Waals surface area contributed by atoms with Crippen LogP contribution in [0.15, 0.2) is 41.2 Å². The fourth-order valence-corrected chi connectivity index (χ4v) is 1.91. The summed E-state index contributed by atoms with van der Waals surface area (Å²) in [4.78, 5) is 24.2. The van der Waals surface area contributed by atoms with Crippen LogP contribution in [0.25, 0.3) is 11.1 Å². The van der Waals surface area contributed by atoms with Gasteiger partial charge in [0.25, 0.3) is 0 Å². The highest BCUT2D eigenvalue weighted by Crippen LogP contribution is 2.17. The molecule has 0 spiro atoms. The lowest BCUT2D eigenvalue weighted by Gasteiger charge is -2.00. The van der Waals surface area contributed by atoms with Crippen molar-refractivity contribution in [3.8, 4) is 0 Å². The highest BCUT2D eigenvalue weighted by Gasteiger charge is 2.10. The number of fused-ring (bicyclic) bond motifs is 1. The van der Waals surface area contributed by atoms with E-state index in [0.29, 0.717) is 28.2 Å². The van der Waals surface area contributed by atoms with Crippen LogP contribution >= 0.6 is 0 Å². The number of carbonyl (C=O) groups is 1. The summed E-state index contributed by atoms with van der Waals surface area (Å²) in [6, 6.07) is 6.99. The van der Waals surface area contributed by atoms with Crippen LogP contribution in [0, 0.1) is 6.92 Å². The molecule has 5 nitrogen and oxygen atoms in total. The molecule has 3 aromatic rings. The molecule has 0 radical (unpaired) electrons. The monoisotopic (exact) mass is 253 g/mol. The number of Topliss-reactive ketones (excluding diaryl/α,β-unsaturated/α-hetero) is 1. The molecule has 2 heterocycles. The Balaban J connectivity index is 1.89. The summed E-state index contributed by atoms with van der Waals surface area (Å²) >= 11 is 0. The van der Waals surface area contributed by atoms with Gasteiger partial charge >= 0.3 is 0 Å². The summed E-state index contributed by atoms with van der Waals surface area (Å²) < 4.78 is 5.38. The number of benzene rings is 1. The minimum Gasteiger partial charge on any atom is -0.441 e. The van der Waals surface area contributed by atoms with Crippen LogP contribution in [-0.2, 0) is 6.42 Å². The fraction of sp³-hybridized carbons (Fsp3) is 0.143. The zero-order chi connectivity index (χ0) is 13.2. The number of oxazole rings is 1. The van der Waals surface area contributed by atoms with Crippen LogP contribution in [0.2, 0.25) is 0 Å². The molecule has 0 amide bonds. The molecule has 0 atom stereocenters. The first-order valence-electron chi connectivity index (χ1n) is 5.87. The Morgan fingerprint density at radius 2 is 2.21 bits per heavy atom. The molecule has 0 aliphatic heterocycles. The van der Waals surface area contributed by atoms with Crippen molar-refractivity contribution in [3.05, 3.63) is 53.9 Å². The lowest BCUT2D eigenvalue weighted by atomic mass is 10.1. The predicted octanol–water partition coefficient (Wildman–Crippen LogP) is 2.35. The molecule has 5 heteroatoms. The largest absolute Gasteiger partial charge is 0.441 e. The average Bonchev–Trinajstić information content (AvgIpc) is 2.78. The zero-order valence-electron chi connectivity index (χ0n) is 10.3. The van der Waals surface area contributed by atoms with Gasteiger partial charge in [-0.25, -0.2) is 15.0 Å². The first kappa shape index (κ1) is 11.5. The van der Waals surface area contributed by atoms with Gasteiger partial charge in [-0.2, -0.15) is 0 Å². The van der Waals surface area contributed by atoms with Crippen LogP contribution in [0.4, 0.5) is 0 Å². The van der Waals surface area contributed by atoms with E-state index in [4.69, 9.17) is 4.42 Å². The Kier molecular flexibility index (Phi) is 2.79. The molecule has 19 heavy (non-hydrogen) atoms. The molecular formula is C14H11N3O2. The van der Waals surface area contributed by atoms with Gasteiger partial charge in [0, 0.05) is 18.7 Å². The lowest BCUT2D eigenvalue weighted by molar-refractivity contribution is 0.0992. The first-order chi connectivity index (χ1) is 9.22. The molecule has 2 aromatic heterocycles. The maximum Gasteiger partial charge on any atom is 0.192 e. The average molecular weight is 253 g/mol. The van der Waals surface area contributed by atoms with Crippen LogP contribution < -0.4 is 0 Å². The second kappa shape index (κ2) is 4.61. The molecule has 3 rings (SSSR count). The summed E-state index contributed by atoms with van der Waals surface area (Å²) in [5.41, 5.74) is 2.71. The number of hydrogen-bond acceptors (Lipinski definition) is 5. The van der Waals surface area contributed by atoms with E-state index in [0.717, 1.165) is 0 Å². The molecule has 0 bridgehead atoms.